The van der Waals surface area contributed by atoms with Crippen LogP contribution < -0.4 is 4.31 Å². The van der Waals surface area contributed by atoms with Crippen LogP contribution in [0.15, 0.2) is 53.4 Å². The van der Waals surface area contributed by atoms with E-state index in [0.29, 0.717) is 12.2 Å². The summed E-state index contributed by atoms with van der Waals surface area (Å²) in [4.78, 5) is 15.3. The summed E-state index contributed by atoms with van der Waals surface area (Å²) in [5.41, 5.74) is 1.25. The number of halogens is 2. The maximum atomic E-state index is 13.6. The van der Waals surface area contributed by atoms with Gasteiger partial charge < -0.3 is 9.64 Å². The minimum Gasteiger partial charge on any atom is -0.380 e. The highest BCUT2D eigenvalue weighted by molar-refractivity contribution is 7.92. The molecule has 3 fully saturated rings. The summed E-state index contributed by atoms with van der Waals surface area (Å²) in [6.45, 7) is 3.37. The molecule has 192 valence electrons. The molecule has 0 aromatic heterocycles. The number of alkyl halides is 2. The van der Waals surface area contributed by atoms with E-state index < -0.39 is 16.4 Å². The summed E-state index contributed by atoms with van der Waals surface area (Å²) in [7, 11) is -3.92. The third-order valence-electron chi connectivity index (χ3n) is 8.77. The number of benzene rings is 2. The van der Waals surface area contributed by atoms with Crippen molar-refractivity contribution in [3.8, 4) is 0 Å². The molecule has 9 heteroatoms. The fourth-order valence-electron chi connectivity index (χ4n) is 6.56. The van der Waals surface area contributed by atoms with Crippen LogP contribution in [0.1, 0.15) is 49.7 Å². The summed E-state index contributed by atoms with van der Waals surface area (Å²) in [5.74, 6) is 0.190. The van der Waals surface area contributed by atoms with Gasteiger partial charge in [-0.1, -0.05) is 30.3 Å². The van der Waals surface area contributed by atoms with Crippen molar-refractivity contribution in [1.82, 2.24) is 4.90 Å². The van der Waals surface area contributed by atoms with E-state index in [1.165, 1.54) is 28.6 Å². The fraction of sp³-hybridized carbons (Fsp3) is 0.519. The van der Waals surface area contributed by atoms with E-state index in [1.54, 1.807) is 0 Å². The Morgan fingerprint density at radius 3 is 2.28 bits per heavy atom. The van der Waals surface area contributed by atoms with Gasteiger partial charge in [0, 0.05) is 41.9 Å². The SMILES string of the molecule is O=C(C1CCC2(CC1)CN(S(=O)(=O)c1ccc(C(F)F)cc1)c1ccccc12)N1CCC2(COC2)C1. The van der Waals surface area contributed by atoms with Gasteiger partial charge in [-0.05, 0) is 55.9 Å². The molecule has 36 heavy (non-hydrogen) atoms. The Kier molecular flexibility index (Phi) is 5.64. The Morgan fingerprint density at radius 1 is 0.972 bits per heavy atom. The predicted octanol–water partition coefficient (Wildman–Crippen LogP) is 4.51. The fourth-order valence-corrected chi connectivity index (χ4v) is 8.13. The largest absolute Gasteiger partial charge is 0.380 e. The molecule has 6 nitrogen and oxygen atoms in total. The third kappa shape index (κ3) is 3.74. The monoisotopic (exact) mass is 516 g/mol. The van der Waals surface area contributed by atoms with Crippen LogP contribution in [0.5, 0.6) is 0 Å². The molecule has 2 saturated heterocycles. The Balaban J connectivity index is 1.21. The molecular formula is C27H30F2N2O4S. The van der Waals surface area contributed by atoms with Crippen LogP contribution >= 0.6 is 0 Å². The zero-order valence-corrected chi connectivity index (χ0v) is 20.9. The number of sulfonamides is 1. The summed E-state index contributed by atoms with van der Waals surface area (Å²) in [6.07, 6.45) is 1.28. The molecule has 3 heterocycles. The Morgan fingerprint density at radius 2 is 1.67 bits per heavy atom. The number of para-hydroxylation sites is 1. The molecule has 0 atom stereocenters. The van der Waals surface area contributed by atoms with E-state index in [9.17, 15) is 22.0 Å². The Labute approximate surface area is 210 Å². The minimum absolute atomic E-state index is 0.00514. The van der Waals surface area contributed by atoms with Crippen molar-refractivity contribution in [2.75, 3.05) is 37.2 Å². The summed E-state index contributed by atoms with van der Waals surface area (Å²) < 4.78 is 60.0. The number of anilines is 1. The number of fused-ring (bicyclic) bond motifs is 2. The second-order valence-electron chi connectivity index (χ2n) is 11.0. The van der Waals surface area contributed by atoms with Gasteiger partial charge >= 0.3 is 0 Å². The van der Waals surface area contributed by atoms with E-state index in [4.69, 9.17) is 4.74 Å². The molecular weight excluding hydrogens is 486 g/mol. The van der Waals surface area contributed by atoms with Crippen LogP contribution in [0, 0.1) is 11.3 Å². The van der Waals surface area contributed by atoms with Gasteiger partial charge in [0.1, 0.15) is 0 Å². The van der Waals surface area contributed by atoms with Crippen LogP contribution in [0.3, 0.4) is 0 Å². The highest BCUT2D eigenvalue weighted by Gasteiger charge is 2.51. The van der Waals surface area contributed by atoms with Crippen molar-refractivity contribution in [3.05, 3.63) is 59.7 Å². The van der Waals surface area contributed by atoms with Crippen LogP contribution in [0.25, 0.3) is 0 Å². The summed E-state index contributed by atoms with van der Waals surface area (Å²) >= 11 is 0. The average molecular weight is 517 g/mol. The van der Waals surface area contributed by atoms with Crippen LogP contribution in [-0.4, -0.2) is 52.1 Å². The molecule has 0 radical (unpaired) electrons. The summed E-state index contributed by atoms with van der Waals surface area (Å²) in [6, 6.07) is 12.4. The average Bonchev–Trinajstić information content (AvgIpc) is 3.46. The zero-order valence-electron chi connectivity index (χ0n) is 20.0. The molecule has 0 unspecified atom stereocenters. The van der Waals surface area contributed by atoms with E-state index in [1.807, 2.05) is 29.2 Å². The molecule has 0 N–H and O–H groups in total. The molecule has 1 amide bonds. The molecule has 1 saturated carbocycles. The number of nitrogens with zero attached hydrogens (tertiary/aromatic N) is 2. The Hall–Kier alpha value is -2.52. The Bertz CT molecular complexity index is 1270. The van der Waals surface area contributed by atoms with E-state index in [2.05, 4.69) is 0 Å². The van der Waals surface area contributed by atoms with Gasteiger partial charge in [0.2, 0.25) is 5.91 Å². The molecule has 2 aromatic carbocycles. The van der Waals surface area contributed by atoms with Crippen LogP contribution in [0.4, 0.5) is 14.5 Å². The smallest absolute Gasteiger partial charge is 0.264 e. The third-order valence-corrected chi connectivity index (χ3v) is 10.5. The van der Waals surface area contributed by atoms with E-state index >= 15 is 0 Å². The first-order valence-corrected chi connectivity index (χ1v) is 14.0. The lowest BCUT2D eigenvalue weighted by atomic mass is 9.67. The quantitative estimate of drug-likeness (QED) is 0.600. The highest BCUT2D eigenvalue weighted by Crippen LogP contribution is 2.52. The van der Waals surface area contributed by atoms with E-state index in [-0.39, 0.29) is 33.1 Å². The van der Waals surface area contributed by atoms with Gasteiger partial charge in [-0.2, -0.15) is 0 Å². The number of rotatable bonds is 4. The number of hydrogen-bond donors (Lipinski definition) is 0. The molecule has 6 rings (SSSR count). The lowest BCUT2D eigenvalue weighted by Gasteiger charge is -2.40. The first-order chi connectivity index (χ1) is 17.2. The molecule has 3 aliphatic heterocycles. The number of likely N-dealkylation sites (tertiary alicyclic amines) is 1. The van der Waals surface area contributed by atoms with Crippen molar-refractivity contribution in [2.45, 2.75) is 48.8 Å². The lowest BCUT2D eigenvalue weighted by molar-refractivity contribution is -0.140. The van der Waals surface area contributed by atoms with E-state index in [0.717, 1.165) is 64.0 Å². The number of carbonyl (C=O) groups is 1. The second kappa shape index (κ2) is 8.52. The number of hydrogen-bond acceptors (Lipinski definition) is 4. The molecule has 0 bridgehead atoms. The molecule has 2 aromatic rings. The minimum atomic E-state index is -3.92. The van der Waals surface area contributed by atoms with Gasteiger partial charge in [0.15, 0.2) is 0 Å². The van der Waals surface area contributed by atoms with Crippen molar-refractivity contribution >= 4 is 21.6 Å². The van der Waals surface area contributed by atoms with Crippen molar-refractivity contribution in [2.24, 2.45) is 11.3 Å². The maximum Gasteiger partial charge on any atom is 0.264 e. The lowest BCUT2D eigenvalue weighted by Crippen LogP contribution is -2.47. The second-order valence-corrected chi connectivity index (χ2v) is 12.8. The standard InChI is InChI=1S/C27H30F2N2O4S/c28-24(29)19-5-7-21(8-6-19)36(33,34)31-16-27(22-3-1-2-4-23(22)31)11-9-20(10-12-27)25(32)30-14-13-26(15-30)17-35-18-26/h1-8,20,24H,9-18H2. The number of carbonyl (C=O) groups excluding carboxylic acids is 1. The predicted molar refractivity (Wildman–Crippen MR) is 130 cm³/mol. The van der Waals surface area contributed by atoms with Crippen molar-refractivity contribution in [3.63, 3.8) is 0 Å². The van der Waals surface area contributed by atoms with Crippen molar-refractivity contribution in [1.29, 1.82) is 0 Å². The normalized spacial score (nSPS) is 27.0. The van der Waals surface area contributed by atoms with Crippen molar-refractivity contribution < 1.29 is 26.7 Å². The van der Waals surface area contributed by atoms with Gasteiger partial charge in [-0.3, -0.25) is 9.10 Å². The van der Waals surface area contributed by atoms with Gasteiger partial charge in [-0.25, -0.2) is 17.2 Å². The van der Waals surface area contributed by atoms with Crippen LogP contribution in [-0.2, 0) is 25.0 Å². The zero-order chi connectivity index (χ0) is 25.1. The maximum absolute atomic E-state index is 13.6. The first kappa shape index (κ1) is 23.9. The van der Waals surface area contributed by atoms with Crippen LogP contribution in [0.2, 0.25) is 0 Å². The van der Waals surface area contributed by atoms with Gasteiger partial charge in [0.05, 0.1) is 23.8 Å². The van der Waals surface area contributed by atoms with Gasteiger partial charge in [-0.15, -0.1) is 0 Å². The molecule has 1 aliphatic carbocycles. The number of amides is 1. The first-order valence-electron chi connectivity index (χ1n) is 12.6. The van der Waals surface area contributed by atoms with Gasteiger partial charge in [0.25, 0.3) is 16.4 Å². The number of ether oxygens (including phenoxy) is 1. The summed E-state index contributed by atoms with van der Waals surface area (Å²) in [5, 5.41) is 0. The topological polar surface area (TPSA) is 66.9 Å². The molecule has 4 aliphatic rings. The molecule has 2 spiro atoms. The highest BCUT2D eigenvalue weighted by atomic mass is 32.2.